The first-order chi connectivity index (χ1) is 10.9. The Morgan fingerprint density at radius 2 is 1.30 bits per heavy atom. The molecule has 0 radical (unpaired) electrons. The number of hydrogen-bond acceptors (Lipinski definition) is 4. The maximum absolute atomic E-state index is 9.19. The third kappa shape index (κ3) is 5.03. The molecule has 6 nitrogen and oxygen atoms in total. The molecule has 0 saturated heterocycles. The first-order valence-electron chi connectivity index (χ1n) is 6.74. The molecule has 3 aromatic rings. The molecule has 0 saturated carbocycles. The summed E-state index contributed by atoms with van der Waals surface area (Å²) in [6.45, 7) is 1.95. The predicted molar refractivity (Wildman–Crippen MR) is 89.4 cm³/mol. The lowest BCUT2D eigenvalue weighted by Gasteiger charge is -2.02. The van der Waals surface area contributed by atoms with Crippen molar-refractivity contribution in [1.82, 2.24) is 5.16 Å². The molecule has 2 aromatic carbocycles. The summed E-state index contributed by atoms with van der Waals surface area (Å²) in [5.74, 6) is 0.847. The van der Waals surface area contributed by atoms with Crippen LogP contribution in [0.3, 0.4) is 0 Å². The van der Waals surface area contributed by atoms with Crippen molar-refractivity contribution >= 4 is 10.2 Å². The molecule has 0 aliphatic rings. The van der Waals surface area contributed by atoms with Gasteiger partial charge in [-0.15, -0.1) is 0 Å². The van der Waals surface area contributed by atoms with Gasteiger partial charge in [0.25, 0.3) is 10.2 Å². The van der Waals surface area contributed by atoms with Gasteiger partial charge in [0, 0.05) is 5.56 Å². The fourth-order valence-electron chi connectivity index (χ4n) is 2.11. The molecule has 0 aliphatic heterocycles. The fraction of sp³-hybridized carbons (Fsp3) is 0.0625. The van der Waals surface area contributed by atoms with Crippen LogP contribution in [0.1, 0.15) is 5.76 Å². The lowest BCUT2D eigenvalue weighted by Crippen LogP contribution is -2.21. The zero-order valence-electron chi connectivity index (χ0n) is 12.5. The van der Waals surface area contributed by atoms with E-state index in [0.717, 1.165) is 28.1 Å². The minimum atomic E-state index is -3.67. The number of nitrogens with two attached hydrogens (primary N) is 2. The summed E-state index contributed by atoms with van der Waals surface area (Å²) in [6, 6.07) is 20.3. The molecular weight excluding hydrogens is 314 g/mol. The van der Waals surface area contributed by atoms with Gasteiger partial charge in [-0.1, -0.05) is 65.8 Å². The van der Waals surface area contributed by atoms with Crippen molar-refractivity contribution in [2.24, 2.45) is 10.3 Å². The molecule has 23 heavy (non-hydrogen) atoms. The second kappa shape index (κ2) is 7.19. The highest BCUT2D eigenvalue weighted by atomic mass is 32.2. The average molecular weight is 331 g/mol. The smallest absolute Gasteiger partial charge is 0.271 e. The Morgan fingerprint density at radius 1 is 0.870 bits per heavy atom. The van der Waals surface area contributed by atoms with Crippen LogP contribution in [0.25, 0.3) is 22.4 Å². The van der Waals surface area contributed by atoms with E-state index in [4.69, 9.17) is 4.52 Å². The molecule has 0 amide bonds. The first-order valence-corrected chi connectivity index (χ1v) is 8.35. The van der Waals surface area contributed by atoms with Gasteiger partial charge in [0.2, 0.25) is 0 Å². The van der Waals surface area contributed by atoms with E-state index in [-0.39, 0.29) is 0 Å². The van der Waals surface area contributed by atoms with Crippen molar-refractivity contribution in [3.63, 3.8) is 0 Å². The van der Waals surface area contributed by atoms with Gasteiger partial charge in [-0.25, -0.2) is 10.3 Å². The summed E-state index contributed by atoms with van der Waals surface area (Å²) in [4.78, 5) is 0. The van der Waals surface area contributed by atoms with Gasteiger partial charge in [-0.05, 0) is 12.5 Å². The highest BCUT2D eigenvalue weighted by molar-refractivity contribution is 7.86. The molecule has 0 bridgehead atoms. The van der Waals surface area contributed by atoms with Crippen LogP contribution in [0.2, 0.25) is 0 Å². The number of nitrogens with zero attached hydrogens (tertiary/aromatic N) is 1. The molecule has 1 aromatic heterocycles. The monoisotopic (exact) mass is 331 g/mol. The van der Waals surface area contributed by atoms with E-state index in [1.165, 1.54) is 0 Å². The number of rotatable bonds is 2. The molecule has 0 unspecified atom stereocenters. The van der Waals surface area contributed by atoms with E-state index >= 15 is 0 Å². The minimum Gasteiger partial charge on any atom is -0.360 e. The van der Waals surface area contributed by atoms with E-state index in [1.54, 1.807) is 0 Å². The van der Waals surface area contributed by atoms with Crippen molar-refractivity contribution in [2.45, 2.75) is 6.92 Å². The molecule has 1 heterocycles. The largest absolute Gasteiger partial charge is 0.360 e. The Hall–Kier alpha value is -2.48. The Bertz CT molecular complexity index is 852. The Balaban J connectivity index is 0.000000338. The fourth-order valence-corrected chi connectivity index (χ4v) is 2.11. The number of hydrogen-bond donors (Lipinski definition) is 2. The predicted octanol–water partition coefficient (Wildman–Crippen LogP) is 2.47. The van der Waals surface area contributed by atoms with Gasteiger partial charge in [-0.2, -0.15) is 8.42 Å². The number of benzene rings is 2. The first kappa shape index (κ1) is 16.9. The van der Waals surface area contributed by atoms with Gasteiger partial charge in [0.1, 0.15) is 11.5 Å². The normalized spacial score (nSPS) is 10.7. The molecule has 120 valence electrons. The third-order valence-electron chi connectivity index (χ3n) is 2.97. The summed E-state index contributed by atoms with van der Waals surface area (Å²) in [6.07, 6.45) is 0. The van der Waals surface area contributed by atoms with Gasteiger partial charge in [0.15, 0.2) is 0 Å². The highest BCUT2D eigenvalue weighted by Gasteiger charge is 2.15. The molecule has 0 fully saturated rings. The van der Waals surface area contributed by atoms with Crippen LogP contribution >= 0.6 is 0 Å². The highest BCUT2D eigenvalue weighted by Crippen LogP contribution is 2.33. The lowest BCUT2D eigenvalue weighted by atomic mass is 10.00. The SMILES string of the molecule is Cc1onc(-c2ccccc2)c1-c1ccccc1.NS(N)(=O)=O. The summed E-state index contributed by atoms with van der Waals surface area (Å²) in [5.41, 5.74) is 4.18. The van der Waals surface area contributed by atoms with Crippen LogP contribution in [-0.4, -0.2) is 13.6 Å². The van der Waals surface area contributed by atoms with E-state index < -0.39 is 10.2 Å². The minimum absolute atomic E-state index is 0.847. The summed E-state index contributed by atoms with van der Waals surface area (Å²) in [7, 11) is -3.67. The second-order valence-corrected chi connectivity index (χ2v) is 5.96. The number of aromatic nitrogens is 1. The van der Waals surface area contributed by atoms with Crippen LogP contribution in [0.4, 0.5) is 0 Å². The van der Waals surface area contributed by atoms with Crippen LogP contribution in [0, 0.1) is 6.92 Å². The maximum Gasteiger partial charge on any atom is 0.271 e. The zero-order valence-corrected chi connectivity index (χ0v) is 13.3. The van der Waals surface area contributed by atoms with Crippen molar-refractivity contribution < 1.29 is 12.9 Å². The lowest BCUT2D eigenvalue weighted by molar-refractivity contribution is 0.400. The molecule has 7 heteroatoms. The molecular formula is C16H17N3O3S. The van der Waals surface area contributed by atoms with Crippen molar-refractivity contribution in [1.29, 1.82) is 0 Å². The average Bonchev–Trinajstić information content (AvgIpc) is 2.89. The molecule has 0 atom stereocenters. The maximum atomic E-state index is 9.19. The Labute approximate surface area is 134 Å². The summed E-state index contributed by atoms with van der Waals surface area (Å²) >= 11 is 0. The van der Waals surface area contributed by atoms with Gasteiger partial charge < -0.3 is 4.52 Å². The van der Waals surface area contributed by atoms with Crippen LogP contribution in [0.15, 0.2) is 65.2 Å². The van der Waals surface area contributed by atoms with E-state index in [2.05, 4.69) is 27.6 Å². The quantitative estimate of drug-likeness (QED) is 0.751. The van der Waals surface area contributed by atoms with Crippen molar-refractivity contribution in [3.8, 4) is 22.4 Å². The Morgan fingerprint density at radius 3 is 1.78 bits per heavy atom. The molecule has 4 N–H and O–H groups in total. The van der Waals surface area contributed by atoms with Crippen molar-refractivity contribution in [3.05, 3.63) is 66.4 Å². The van der Waals surface area contributed by atoms with E-state index in [9.17, 15) is 8.42 Å². The van der Waals surface area contributed by atoms with Crippen LogP contribution in [-0.2, 0) is 10.2 Å². The summed E-state index contributed by atoms with van der Waals surface area (Å²) in [5, 5.41) is 12.4. The molecule has 3 rings (SSSR count). The number of aryl methyl sites for hydroxylation is 1. The molecule has 0 spiro atoms. The third-order valence-corrected chi connectivity index (χ3v) is 2.97. The van der Waals surface area contributed by atoms with Crippen LogP contribution in [0.5, 0.6) is 0 Å². The van der Waals surface area contributed by atoms with Crippen LogP contribution < -0.4 is 10.3 Å². The Kier molecular flexibility index (Phi) is 5.28. The second-order valence-electron chi connectivity index (χ2n) is 4.78. The van der Waals surface area contributed by atoms with E-state index in [0.29, 0.717) is 0 Å². The standard InChI is InChI=1S/C16H13NO.H4N2O2S/c1-12-15(13-8-4-2-5-9-13)16(17-18-12)14-10-6-3-7-11-14;1-5(2,3)4/h2-11H,1H3;(H4,1,2,3,4). The topological polar surface area (TPSA) is 112 Å². The van der Waals surface area contributed by atoms with Gasteiger partial charge >= 0.3 is 0 Å². The van der Waals surface area contributed by atoms with Gasteiger partial charge in [0.05, 0.1) is 5.56 Å². The summed E-state index contributed by atoms with van der Waals surface area (Å²) < 4.78 is 23.7. The van der Waals surface area contributed by atoms with E-state index in [1.807, 2.05) is 55.5 Å². The van der Waals surface area contributed by atoms with Gasteiger partial charge in [-0.3, -0.25) is 0 Å². The molecule has 0 aliphatic carbocycles. The zero-order chi connectivity index (χ0) is 16.9. The van der Waals surface area contributed by atoms with Crippen molar-refractivity contribution in [2.75, 3.05) is 0 Å².